The molecule has 0 atom stereocenters. The van der Waals surface area contributed by atoms with Crippen LogP contribution in [0.5, 0.6) is 0 Å². The molecule has 0 saturated carbocycles. The Kier molecular flexibility index (Phi) is 6.60. The van der Waals surface area contributed by atoms with Gasteiger partial charge in [-0.15, -0.1) is 22.7 Å². The molecule has 0 aliphatic heterocycles. The number of carboxylic acids is 2. The first-order chi connectivity index (χ1) is 14.3. The molecule has 0 amide bonds. The van der Waals surface area contributed by atoms with Crippen molar-refractivity contribution in [3.05, 3.63) is 70.2 Å². The maximum Gasteiger partial charge on any atom is 0.347 e. The molecular weight excluding hydrogens is 424 g/mol. The Hall–Kier alpha value is -3.50. The van der Waals surface area contributed by atoms with Gasteiger partial charge in [0.1, 0.15) is 19.8 Å². The lowest BCUT2D eigenvalue weighted by Gasteiger charge is -1.98. The number of carbonyl (C=O) groups is 2. The normalized spacial score (nSPS) is 10.2. The van der Waals surface area contributed by atoms with Gasteiger partial charge in [-0.3, -0.25) is 9.97 Å². The van der Waals surface area contributed by atoms with E-state index >= 15 is 0 Å². The molecule has 4 heterocycles. The fourth-order valence-corrected chi connectivity index (χ4v) is 3.93. The molecule has 4 aromatic rings. The lowest BCUT2D eigenvalue weighted by molar-refractivity contribution is 0.0691. The van der Waals surface area contributed by atoms with Crippen LogP contribution in [0.3, 0.4) is 0 Å². The predicted molar refractivity (Wildman–Crippen MR) is 114 cm³/mol. The lowest BCUT2D eigenvalue weighted by Crippen LogP contribution is -1.89. The van der Waals surface area contributed by atoms with Crippen molar-refractivity contribution in [2.45, 2.75) is 13.8 Å². The highest BCUT2D eigenvalue weighted by Crippen LogP contribution is 2.27. The molecule has 0 aromatic carbocycles. The summed E-state index contributed by atoms with van der Waals surface area (Å²) in [5.74, 6) is -1.89. The summed E-state index contributed by atoms with van der Waals surface area (Å²) in [6, 6.07) is 3.80. The third-order valence-electron chi connectivity index (χ3n) is 3.82. The Bertz CT molecular complexity index is 1200. The molecule has 8 nitrogen and oxygen atoms in total. The van der Waals surface area contributed by atoms with E-state index in [1.165, 1.54) is 12.4 Å². The van der Waals surface area contributed by atoms with E-state index in [-0.39, 0.29) is 9.75 Å². The van der Waals surface area contributed by atoms with Gasteiger partial charge in [0, 0.05) is 35.9 Å². The second-order valence-electron chi connectivity index (χ2n) is 6.11. The van der Waals surface area contributed by atoms with Crippen molar-refractivity contribution >= 4 is 34.6 Å². The Morgan fingerprint density at radius 2 is 1.47 bits per heavy atom. The van der Waals surface area contributed by atoms with Gasteiger partial charge in [-0.1, -0.05) is 0 Å². The molecule has 0 aliphatic rings. The number of rotatable bonds is 4. The van der Waals surface area contributed by atoms with Crippen LogP contribution in [-0.2, 0) is 0 Å². The van der Waals surface area contributed by atoms with Crippen LogP contribution in [0.15, 0.2) is 49.3 Å². The van der Waals surface area contributed by atoms with Crippen molar-refractivity contribution in [2.75, 3.05) is 0 Å². The maximum atomic E-state index is 10.7. The number of carboxylic acid groups (broad SMARTS) is 2. The summed E-state index contributed by atoms with van der Waals surface area (Å²) in [6.07, 6.45) is 9.55. The fraction of sp³-hybridized carbons (Fsp3) is 0.100. The third kappa shape index (κ3) is 5.10. The molecule has 0 bridgehead atoms. The van der Waals surface area contributed by atoms with Crippen LogP contribution in [0.25, 0.3) is 21.1 Å². The van der Waals surface area contributed by atoms with Crippen LogP contribution in [0.2, 0.25) is 0 Å². The van der Waals surface area contributed by atoms with E-state index in [2.05, 4.69) is 19.9 Å². The molecule has 0 radical (unpaired) electrons. The van der Waals surface area contributed by atoms with Crippen LogP contribution < -0.4 is 0 Å². The first-order valence-corrected chi connectivity index (χ1v) is 10.2. The average molecular weight is 441 g/mol. The maximum absolute atomic E-state index is 10.7. The zero-order valence-corrected chi connectivity index (χ0v) is 17.6. The lowest BCUT2D eigenvalue weighted by atomic mass is 10.2. The summed E-state index contributed by atoms with van der Waals surface area (Å²) < 4.78 is 0. The summed E-state index contributed by atoms with van der Waals surface area (Å²) in [6.45, 7) is 3.88. The van der Waals surface area contributed by atoms with Gasteiger partial charge in [-0.25, -0.2) is 19.6 Å². The van der Waals surface area contributed by atoms with Crippen molar-refractivity contribution in [1.29, 1.82) is 0 Å². The number of aromatic nitrogens is 4. The molecule has 0 fully saturated rings. The first-order valence-electron chi connectivity index (χ1n) is 8.56. The second-order valence-corrected chi connectivity index (χ2v) is 8.17. The van der Waals surface area contributed by atoms with Crippen LogP contribution in [0.1, 0.15) is 30.5 Å². The average Bonchev–Trinajstić information content (AvgIpc) is 3.39. The van der Waals surface area contributed by atoms with Gasteiger partial charge in [0.2, 0.25) is 0 Å². The number of pyridine rings is 2. The van der Waals surface area contributed by atoms with E-state index in [0.717, 1.165) is 44.9 Å². The molecule has 2 N–H and O–H groups in total. The first kappa shape index (κ1) is 21.2. The topological polar surface area (TPSA) is 126 Å². The molecule has 0 unspecified atom stereocenters. The minimum atomic E-state index is -0.945. The second kappa shape index (κ2) is 9.33. The molecule has 152 valence electrons. The van der Waals surface area contributed by atoms with Crippen molar-refractivity contribution in [3.63, 3.8) is 0 Å². The Morgan fingerprint density at radius 3 is 2.03 bits per heavy atom. The zero-order valence-electron chi connectivity index (χ0n) is 15.9. The Morgan fingerprint density at radius 1 is 0.833 bits per heavy atom. The Labute approximate surface area is 179 Å². The number of thiazole rings is 2. The van der Waals surface area contributed by atoms with E-state index in [1.54, 1.807) is 24.8 Å². The van der Waals surface area contributed by atoms with E-state index in [9.17, 15) is 9.59 Å². The summed E-state index contributed by atoms with van der Waals surface area (Å²) in [7, 11) is 0. The van der Waals surface area contributed by atoms with Crippen LogP contribution in [0.4, 0.5) is 0 Å². The van der Waals surface area contributed by atoms with Crippen LogP contribution in [-0.4, -0.2) is 42.1 Å². The van der Waals surface area contributed by atoms with Crippen LogP contribution >= 0.6 is 22.7 Å². The summed E-state index contributed by atoms with van der Waals surface area (Å²) >= 11 is 2.31. The molecule has 30 heavy (non-hydrogen) atoms. The highest BCUT2D eigenvalue weighted by molar-refractivity contribution is 7.17. The summed E-state index contributed by atoms with van der Waals surface area (Å²) in [5.41, 5.74) is 3.80. The number of hydrogen-bond donors (Lipinski definition) is 2. The molecular formula is C20H16N4O4S2. The van der Waals surface area contributed by atoms with Crippen molar-refractivity contribution in [2.24, 2.45) is 0 Å². The quantitative estimate of drug-likeness (QED) is 0.477. The minimum Gasteiger partial charge on any atom is -0.477 e. The number of aryl methyl sites for hydroxylation is 2. The molecule has 4 aromatic heterocycles. The zero-order chi connectivity index (χ0) is 21.7. The van der Waals surface area contributed by atoms with Crippen molar-refractivity contribution < 1.29 is 19.8 Å². The van der Waals surface area contributed by atoms with E-state index in [1.807, 2.05) is 26.0 Å². The van der Waals surface area contributed by atoms with Gasteiger partial charge in [-0.2, -0.15) is 0 Å². The van der Waals surface area contributed by atoms with Gasteiger partial charge in [0.15, 0.2) is 0 Å². The van der Waals surface area contributed by atoms with E-state index in [4.69, 9.17) is 10.2 Å². The number of hydrogen-bond acceptors (Lipinski definition) is 8. The molecule has 10 heteroatoms. The van der Waals surface area contributed by atoms with E-state index < -0.39 is 11.9 Å². The van der Waals surface area contributed by atoms with Crippen LogP contribution in [0, 0.1) is 13.8 Å². The third-order valence-corrected chi connectivity index (χ3v) is 5.88. The fourth-order valence-electron chi connectivity index (χ4n) is 2.36. The van der Waals surface area contributed by atoms with Gasteiger partial charge < -0.3 is 10.2 Å². The predicted octanol–water partition coefficient (Wildman–Crippen LogP) is 4.42. The van der Waals surface area contributed by atoms with Crippen molar-refractivity contribution in [3.8, 4) is 21.1 Å². The van der Waals surface area contributed by atoms with Gasteiger partial charge in [0.05, 0.1) is 12.4 Å². The number of aromatic carboxylic acids is 2. The number of nitrogens with zero attached hydrogens (tertiary/aromatic N) is 4. The van der Waals surface area contributed by atoms with E-state index in [0.29, 0.717) is 10.0 Å². The Balaban J connectivity index is 0.000000171. The van der Waals surface area contributed by atoms with Gasteiger partial charge in [-0.05, 0) is 37.1 Å². The highest BCUT2D eigenvalue weighted by Gasteiger charge is 2.11. The summed E-state index contributed by atoms with van der Waals surface area (Å²) in [5, 5.41) is 18.9. The summed E-state index contributed by atoms with van der Waals surface area (Å²) in [4.78, 5) is 38.0. The minimum absolute atomic E-state index is 0.242. The largest absolute Gasteiger partial charge is 0.477 e. The molecule has 0 spiro atoms. The highest BCUT2D eigenvalue weighted by atomic mass is 32.1. The molecule has 4 rings (SSSR count). The van der Waals surface area contributed by atoms with Gasteiger partial charge >= 0.3 is 11.9 Å². The standard InChI is InChI=1S/2C10H8N2O2S/c1-6-2-7(4-11-3-6)9-12-5-8(15-9)10(13)14;1-6-2-3-11-4-7(6)9-12-5-8(15-9)10(13)14/h2*2-5H,1H3,(H,13,14). The smallest absolute Gasteiger partial charge is 0.347 e. The monoisotopic (exact) mass is 440 g/mol. The molecule has 0 aliphatic carbocycles. The SMILES string of the molecule is Cc1ccncc1-c1ncc(C(=O)O)s1.Cc1cncc(-c2ncc(C(=O)O)s2)c1. The van der Waals surface area contributed by atoms with Crippen molar-refractivity contribution in [1.82, 2.24) is 19.9 Å². The van der Waals surface area contributed by atoms with Gasteiger partial charge in [0.25, 0.3) is 0 Å². The molecule has 0 saturated heterocycles.